The number of hydrogen-bond acceptors (Lipinski definition) is 7. The number of carbonyl (C=O) groups excluding carboxylic acids is 2. The monoisotopic (exact) mass is 437 g/mol. The van der Waals surface area contributed by atoms with Crippen LogP contribution in [-0.4, -0.2) is 57.5 Å². The molecule has 0 spiro atoms. The largest absolute Gasteiger partial charge is 0.497 e. The topological polar surface area (TPSA) is 126 Å². The molecule has 1 atom stereocenters. The third-order valence-electron chi connectivity index (χ3n) is 5.30. The van der Waals surface area contributed by atoms with Crippen LogP contribution in [0, 0.1) is 11.3 Å². The maximum atomic E-state index is 12.4. The second kappa shape index (κ2) is 9.91. The minimum absolute atomic E-state index is 0.0352. The first kappa shape index (κ1) is 23.6. The summed E-state index contributed by atoms with van der Waals surface area (Å²) in [4.78, 5) is 26.0. The first-order valence-corrected chi connectivity index (χ1v) is 11.1. The molecule has 9 nitrogen and oxygen atoms in total. The van der Waals surface area contributed by atoms with Crippen molar-refractivity contribution in [2.24, 2.45) is 0 Å². The number of nitriles is 1. The molecule has 0 aliphatic heterocycles. The first-order chi connectivity index (χ1) is 14.1. The van der Waals surface area contributed by atoms with E-state index < -0.39 is 40.1 Å². The number of hydrogen-bond donors (Lipinski definition) is 1. The van der Waals surface area contributed by atoms with E-state index in [1.54, 1.807) is 0 Å². The second-order valence-electron chi connectivity index (χ2n) is 7.28. The Hall–Kier alpha value is -2.64. The van der Waals surface area contributed by atoms with Gasteiger partial charge in [0.2, 0.25) is 10.0 Å². The third kappa shape index (κ3) is 5.49. The molecule has 0 radical (unpaired) electrons. The van der Waals surface area contributed by atoms with Crippen molar-refractivity contribution in [3.05, 3.63) is 24.3 Å². The van der Waals surface area contributed by atoms with Crippen molar-refractivity contribution in [3.8, 4) is 11.8 Å². The molecule has 1 amide bonds. The molecule has 0 bridgehead atoms. The number of ether oxygens (including phenoxy) is 2. The maximum absolute atomic E-state index is 12.4. The van der Waals surface area contributed by atoms with Gasteiger partial charge in [0.25, 0.3) is 5.91 Å². The molecule has 1 N–H and O–H groups in total. The lowest BCUT2D eigenvalue weighted by atomic mass is 9.81. The Kier molecular flexibility index (Phi) is 7.81. The van der Waals surface area contributed by atoms with Crippen LogP contribution in [-0.2, 0) is 24.3 Å². The fourth-order valence-electron chi connectivity index (χ4n) is 3.36. The normalized spacial score (nSPS) is 16.7. The Balaban J connectivity index is 1.93. The lowest BCUT2D eigenvalue weighted by molar-refractivity contribution is -0.154. The number of amides is 1. The van der Waals surface area contributed by atoms with Gasteiger partial charge in [0.15, 0.2) is 6.61 Å². The molecule has 0 heterocycles. The van der Waals surface area contributed by atoms with E-state index in [2.05, 4.69) is 10.8 Å². The summed E-state index contributed by atoms with van der Waals surface area (Å²) in [6, 6.07) is 6.71. The molecule has 1 aliphatic carbocycles. The van der Waals surface area contributed by atoms with Crippen molar-refractivity contribution >= 4 is 21.9 Å². The Labute approximate surface area is 177 Å². The van der Waals surface area contributed by atoms with Crippen LogP contribution in [0.5, 0.6) is 5.75 Å². The number of carbonyl (C=O) groups is 2. The number of esters is 1. The summed E-state index contributed by atoms with van der Waals surface area (Å²) < 4.78 is 37.0. The fraction of sp³-hybridized carbons (Fsp3) is 0.550. The van der Waals surface area contributed by atoms with E-state index in [0.717, 1.165) is 19.3 Å². The molecule has 0 aromatic heterocycles. The van der Waals surface area contributed by atoms with Crippen molar-refractivity contribution in [1.82, 2.24) is 9.62 Å². The van der Waals surface area contributed by atoms with E-state index in [1.165, 1.54) is 50.2 Å². The van der Waals surface area contributed by atoms with Gasteiger partial charge >= 0.3 is 5.97 Å². The lowest BCUT2D eigenvalue weighted by Gasteiger charge is -2.38. The zero-order valence-corrected chi connectivity index (χ0v) is 18.2. The lowest BCUT2D eigenvalue weighted by Crippen LogP contribution is -2.51. The Morgan fingerprint density at radius 1 is 1.23 bits per heavy atom. The molecule has 10 heteroatoms. The van der Waals surface area contributed by atoms with Gasteiger partial charge in [-0.1, -0.05) is 19.3 Å². The molecular formula is C20H27N3O6S. The molecule has 1 aromatic rings. The maximum Gasteiger partial charge on any atom is 0.324 e. The molecule has 2 rings (SSSR count). The first-order valence-electron chi connectivity index (χ1n) is 9.66. The quantitative estimate of drug-likeness (QED) is 0.612. The molecule has 0 saturated heterocycles. The SMILES string of the molecule is COc1ccc(S(=O)(=O)N[C@@H](C)C(=O)OCC(=O)N(C)C2(C#N)CCCCC2)cc1. The van der Waals surface area contributed by atoms with Gasteiger partial charge in [-0.05, 0) is 44.0 Å². The van der Waals surface area contributed by atoms with Crippen LogP contribution in [0.2, 0.25) is 0 Å². The van der Waals surface area contributed by atoms with Gasteiger partial charge in [0, 0.05) is 7.05 Å². The minimum atomic E-state index is -3.96. The van der Waals surface area contributed by atoms with E-state index in [0.29, 0.717) is 18.6 Å². The number of rotatable bonds is 8. The van der Waals surface area contributed by atoms with Gasteiger partial charge in [0.05, 0.1) is 18.1 Å². The van der Waals surface area contributed by atoms with Crippen molar-refractivity contribution in [2.75, 3.05) is 20.8 Å². The molecule has 1 aliphatic rings. The summed E-state index contributed by atoms with van der Waals surface area (Å²) in [7, 11) is -0.968. The highest BCUT2D eigenvalue weighted by atomic mass is 32.2. The highest BCUT2D eigenvalue weighted by molar-refractivity contribution is 7.89. The highest BCUT2D eigenvalue weighted by Gasteiger charge is 2.39. The summed E-state index contributed by atoms with van der Waals surface area (Å²) in [5, 5.41) is 9.56. The van der Waals surface area contributed by atoms with Crippen molar-refractivity contribution in [3.63, 3.8) is 0 Å². The van der Waals surface area contributed by atoms with E-state index in [1.807, 2.05) is 0 Å². The van der Waals surface area contributed by atoms with E-state index in [9.17, 15) is 23.3 Å². The number of sulfonamides is 1. The minimum Gasteiger partial charge on any atom is -0.497 e. The van der Waals surface area contributed by atoms with Crippen molar-refractivity contribution < 1.29 is 27.5 Å². The summed E-state index contributed by atoms with van der Waals surface area (Å²) in [6.45, 7) is 0.767. The van der Waals surface area contributed by atoms with Gasteiger partial charge in [-0.25, -0.2) is 8.42 Å². The number of methoxy groups -OCH3 is 1. The van der Waals surface area contributed by atoms with Crippen LogP contribution < -0.4 is 9.46 Å². The third-order valence-corrected chi connectivity index (χ3v) is 6.85. The van der Waals surface area contributed by atoms with Gasteiger partial charge in [-0.15, -0.1) is 0 Å². The summed E-state index contributed by atoms with van der Waals surface area (Å²) >= 11 is 0. The predicted molar refractivity (Wildman–Crippen MR) is 108 cm³/mol. The molecule has 1 aromatic carbocycles. The van der Waals surface area contributed by atoms with Gasteiger partial charge < -0.3 is 14.4 Å². The zero-order chi connectivity index (χ0) is 22.4. The van der Waals surface area contributed by atoms with Gasteiger partial charge in [-0.2, -0.15) is 9.98 Å². The number of likely N-dealkylation sites (N-methyl/N-ethyl adjacent to an activating group) is 1. The molecule has 0 unspecified atom stereocenters. The summed E-state index contributed by atoms with van der Waals surface area (Å²) in [5.41, 5.74) is -0.886. The number of nitrogens with zero attached hydrogens (tertiary/aromatic N) is 2. The van der Waals surface area contributed by atoms with Crippen molar-refractivity contribution in [2.45, 2.75) is 55.5 Å². The van der Waals surface area contributed by atoms with Crippen LogP contribution in [0.1, 0.15) is 39.0 Å². The van der Waals surface area contributed by atoms with Crippen LogP contribution >= 0.6 is 0 Å². The summed E-state index contributed by atoms with van der Waals surface area (Å²) in [5.74, 6) is -0.891. The van der Waals surface area contributed by atoms with E-state index in [4.69, 9.17) is 9.47 Å². The predicted octanol–water partition coefficient (Wildman–Crippen LogP) is 1.59. The second-order valence-corrected chi connectivity index (χ2v) is 9.00. The average Bonchev–Trinajstić information content (AvgIpc) is 2.76. The molecule has 1 fully saturated rings. The van der Waals surface area contributed by atoms with Gasteiger partial charge in [-0.3, -0.25) is 9.59 Å². The molecule has 1 saturated carbocycles. The fourth-order valence-corrected chi connectivity index (χ4v) is 4.55. The zero-order valence-electron chi connectivity index (χ0n) is 17.4. The Morgan fingerprint density at radius 2 is 1.83 bits per heavy atom. The van der Waals surface area contributed by atoms with E-state index in [-0.39, 0.29) is 4.90 Å². The Morgan fingerprint density at radius 3 is 2.37 bits per heavy atom. The van der Waals surface area contributed by atoms with Crippen LogP contribution in [0.25, 0.3) is 0 Å². The molecular weight excluding hydrogens is 410 g/mol. The van der Waals surface area contributed by atoms with Gasteiger partial charge in [0.1, 0.15) is 17.3 Å². The number of benzene rings is 1. The summed E-state index contributed by atoms with van der Waals surface area (Å²) in [6.07, 6.45) is 3.89. The van der Waals surface area contributed by atoms with Crippen LogP contribution in [0.4, 0.5) is 0 Å². The standard InChI is InChI=1S/C20H27N3O6S/c1-15(22-30(26,27)17-9-7-16(28-3)8-10-17)19(25)29-13-18(24)23(2)20(14-21)11-5-4-6-12-20/h7-10,15,22H,4-6,11-13H2,1-3H3/t15-/m0/s1. The van der Waals surface area contributed by atoms with E-state index >= 15 is 0 Å². The molecule has 164 valence electrons. The van der Waals surface area contributed by atoms with Crippen LogP contribution in [0.15, 0.2) is 29.2 Å². The average molecular weight is 438 g/mol. The smallest absolute Gasteiger partial charge is 0.324 e. The van der Waals surface area contributed by atoms with Crippen LogP contribution in [0.3, 0.4) is 0 Å². The highest BCUT2D eigenvalue weighted by Crippen LogP contribution is 2.32. The number of nitrogens with one attached hydrogen (secondary N) is 1. The van der Waals surface area contributed by atoms with Crippen molar-refractivity contribution in [1.29, 1.82) is 5.26 Å². The molecule has 30 heavy (non-hydrogen) atoms. The Bertz CT molecular complexity index is 901.